The summed E-state index contributed by atoms with van der Waals surface area (Å²) in [6, 6.07) is 20.6. The Kier molecular flexibility index (Phi) is 8.55. The molecular formula is C33H29F3N4O4S2. The first kappa shape index (κ1) is 31.6. The molecule has 3 atom stereocenters. The van der Waals surface area contributed by atoms with E-state index in [1.807, 2.05) is 24.3 Å². The molecule has 1 aromatic heterocycles. The lowest BCUT2D eigenvalue weighted by molar-refractivity contribution is -0.137. The number of halogens is 3. The third-order valence-corrected chi connectivity index (χ3v) is 10.8. The molecule has 3 heterocycles. The van der Waals surface area contributed by atoms with E-state index in [9.17, 15) is 32.3 Å². The molecule has 8 nitrogen and oxygen atoms in total. The number of nitrogens with zero attached hydrogens (tertiary/aromatic N) is 3. The van der Waals surface area contributed by atoms with Crippen LogP contribution in [0.5, 0.6) is 0 Å². The van der Waals surface area contributed by atoms with Crippen molar-refractivity contribution in [3.63, 3.8) is 0 Å². The topological polar surface area (TPSA) is 91.7 Å². The number of rotatable bonds is 8. The number of carbonyl (C=O) groups is 3. The van der Waals surface area contributed by atoms with E-state index < -0.39 is 52.1 Å². The van der Waals surface area contributed by atoms with Crippen molar-refractivity contribution in [2.24, 2.45) is 5.92 Å². The van der Waals surface area contributed by atoms with Crippen molar-refractivity contribution in [1.82, 2.24) is 4.57 Å². The number of alkyl halides is 3. The zero-order valence-electron chi connectivity index (χ0n) is 24.8. The van der Waals surface area contributed by atoms with Crippen LogP contribution in [0.25, 0.3) is 0 Å². The second-order valence-electron chi connectivity index (χ2n) is 10.9. The van der Waals surface area contributed by atoms with Gasteiger partial charge in [-0.25, -0.2) is 4.90 Å². The summed E-state index contributed by atoms with van der Waals surface area (Å²) in [5.74, 6) is -2.92. The van der Waals surface area contributed by atoms with Crippen molar-refractivity contribution in [3.05, 3.63) is 105 Å². The summed E-state index contributed by atoms with van der Waals surface area (Å²) in [6.07, 6.45) is -4.59. The zero-order chi connectivity index (χ0) is 32.7. The van der Waals surface area contributed by atoms with Crippen LogP contribution in [0, 0.1) is 5.92 Å². The molecule has 0 bridgehead atoms. The number of thioether (sulfide) groups is 1. The fraction of sp³-hybridized carbons (Fsp3) is 0.273. The number of imide groups is 1. The molecule has 0 saturated carbocycles. The van der Waals surface area contributed by atoms with Crippen molar-refractivity contribution >= 4 is 57.9 Å². The summed E-state index contributed by atoms with van der Waals surface area (Å²) in [7, 11) is 0. The molecule has 46 heavy (non-hydrogen) atoms. The fourth-order valence-electron chi connectivity index (χ4n) is 6.04. The molecule has 238 valence electrons. The highest BCUT2D eigenvalue weighted by molar-refractivity contribution is 8.00. The number of anilines is 3. The Morgan fingerprint density at radius 3 is 2.26 bits per heavy atom. The molecule has 0 unspecified atom stereocenters. The number of carbonyl (C=O) groups excluding carboxylic acids is 3. The average Bonchev–Trinajstić information content (AvgIpc) is 3.48. The number of fused-ring (bicyclic) bond motifs is 2. The van der Waals surface area contributed by atoms with Gasteiger partial charge in [-0.3, -0.25) is 23.7 Å². The van der Waals surface area contributed by atoms with Gasteiger partial charge in [-0.15, -0.1) is 0 Å². The Hall–Kier alpha value is -4.36. The van der Waals surface area contributed by atoms with Crippen LogP contribution in [0.1, 0.15) is 35.8 Å². The van der Waals surface area contributed by atoms with Crippen molar-refractivity contribution in [2.75, 3.05) is 28.2 Å². The monoisotopic (exact) mass is 666 g/mol. The quantitative estimate of drug-likeness (QED) is 0.225. The zero-order valence-corrected chi connectivity index (χ0v) is 26.4. The average molecular weight is 667 g/mol. The number of benzene rings is 3. The second kappa shape index (κ2) is 12.4. The maximum atomic E-state index is 14.0. The lowest BCUT2D eigenvalue weighted by atomic mass is 9.83. The van der Waals surface area contributed by atoms with Crippen LogP contribution < -0.4 is 20.0 Å². The molecule has 1 N–H and O–H groups in total. The summed E-state index contributed by atoms with van der Waals surface area (Å²) in [6.45, 7) is 5.23. The number of para-hydroxylation sites is 1. The fourth-order valence-corrected chi connectivity index (χ4v) is 8.82. The summed E-state index contributed by atoms with van der Waals surface area (Å²) in [4.78, 5) is 57.9. The van der Waals surface area contributed by atoms with Crippen molar-refractivity contribution < 1.29 is 27.6 Å². The lowest BCUT2D eigenvalue weighted by Gasteiger charge is -2.31. The normalized spacial score (nSPS) is 19.2. The number of hydrogen-bond acceptors (Lipinski definition) is 7. The molecule has 4 aromatic rings. The van der Waals surface area contributed by atoms with Gasteiger partial charge in [-0.1, -0.05) is 59.5 Å². The SMILES string of the molecule is CCN(CC)c1ccc([C@@H]2c3sc(=O)n(CC(=O)Nc4cccc(C(F)(F)F)c4)c3S[C@H]3C(=O)N(c4ccccc4)C(=O)[C@@H]23)cc1. The van der Waals surface area contributed by atoms with E-state index in [4.69, 9.17) is 0 Å². The Morgan fingerprint density at radius 1 is 0.913 bits per heavy atom. The molecule has 1 fully saturated rings. The van der Waals surface area contributed by atoms with Gasteiger partial charge in [-0.05, 0) is 61.9 Å². The second-order valence-corrected chi connectivity index (χ2v) is 13.0. The van der Waals surface area contributed by atoms with E-state index in [2.05, 4.69) is 24.1 Å². The largest absolute Gasteiger partial charge is 0.416 e. The summed E-state index contributed by atoms with van der Waals surface area (Å²) in [5.41, 5.74) is 1.22. The lowest BCUT2D eigenvalue weighted by Crippen LogP contribution is -2.33. The minimum absolute atomic E-state index is 0.0640. The first-order valence-corrected chi connectivity index (χ1v) is 16.4. The van der Waals surface area contributed by atoms with Crippen LogP contribution >= 0.6 is 23.1 Å². The van der Waals surface area contributed by atoms with Crippen LogP contribution in [-0.2, 0) is 27.1 Å². The summed E-state index contributed by atoms with van der Waals surface area (Å²) in [5, 5.41) is 1.98. The maximum Gasteiger partial charge on any atom is 0.416 e. The highest BCUT2D eigenvalue weighted by atomic mass is 32.2. The predicted molar refractivity (Wildman–Crippen MR) is 173 cm³/mol. The van der Waals surface area contributed by atoms with Gasteiger partial charge in [0.25, 0.3) is 0 Å². The Bertz CT molecular complexity index is 1850. The van der Waals surface area contributed by atoms with E-state index >= 15 is 0 Å². The predicted octanol–water partition coefficient (Wildman–Crippen LogP) is 6.21. The third-order valence-electron chi connectivity index (χ3n) is 8.22. The van der Waals surface area contributed by atoms with Crippen molar-refractivity contribution in [3.8, 4) is 0 Å². The minimum atomic E-state index is -4.59. The van der Waals surface area contributed by atoms with Gasteiger partial charge >= 0.3 is 11.0 Å². The highest BCUT2D eigenvalue weighted by Gasteiger charge is 2.56. The van der Waals surface area contributed by atoms with Crippen LogP contribution in [0.4, 0.5) is 30.2 Å². The van der Waals surface area contributed by atoms with Gasteiger partial charge in [0.2, 0.25) is 17.7 Å². The third kappa shape index (κ3) is 5.73. The van der Waals surface area contributed by atoms with Crippen LogP contribution in [-0.4, -0.2) is 40.6 Å². The van der Waals surface area contributed by atoms with Gasteiger partial charge in [0.15, 0.2) is 0 Å². The number of thiazole rings is 1. The van der Waals surface area contributed by atoms with E-state index in [0.717, 1.165) is 59.6 Å². The van der Waals surface area contributed by atoms with Gasteiger partial charge in [0.1, 0.15) is 11.8 Å². The molecule has 3 aromatic carbocycles. The molecule has 6 rings (SSSR count). The van der Waals surface area contributed by atoms with Gasteiger partial charge in [-0.2, -0.15) is 13.2 Å². The molecule has 1 saturated heterocycles. The van der Waals surface area contributed by atoms with E-state index in [0.29, 0.717) is 15.6 Å². The molecule has 0 radical (unpaired) electrons. The first-order chi connectivity index (χ1) is 22.0. The number of amides is 3. The number of hydrogen-bond donors (Lipinski definition) is 1. The number of nitrogens with one attached hydrogen (secondary N) is 1. The Labute approximate surface area is 270 Å². The smallest absolute Gasteiger partial charge is 0.372 e. The maximum absolute atomic E-state index is 14.0. The van der Waals surface area contributed by atoms with Gasteiger partial charge < -0.3 is 10.2 Å². The molecule has 3 amide bonds. The molecule has 0 spiro atoms. The Morgan fingerprint density at radius 2 is 1.61 bits per heavy atom. The van der Waals surface area contributed by atoms with Crippen LogP contribution in [0.2, 0.25) is 0 Å². The molecule has 2 aliphatic heterocycles. The van der Waals surface area contributed by atoms with E-state index in [-0.39, 0.29) is 11.6 Å². The van der Waals surface area contributed by atoms with Crippen LogP contribution in [0.3, 0.4) is 0 Å². The van der Waals surface area contributed by atoms with Crippen molar-refractivity contribution in [1.29, 1.82) is 0 Å². The highest BCUT2D eigenvalue weighted by Crippen LogP contribution is 2.54. The van der Waals surface area contributed by atoms with Gasteiger partial charge in [0, 0.05) is 35.3 Å². The standard InChI is InChI=1S/C33H29F3N4O4S2/c1-3-38(4-2)22-15-13-19(14-16-22)25-26-27(30(43)40(29(26)42)23-11-6-5-7-12-23)45-31-28(25)46-32(44)39(31)18-24(41)37-21-10-8-9-20(17-21)33(34,35)36/h5-17,25-27H,3-4,18H2,1-2H3,(H,37,41)/t25-,26-,27+/m0/s1. The molecule has 2 aliphatic rings. The Balaban J connectivity index is 1.38. The summed E-state index contributed by atoms with van der Waals surface area (Å²) < 4.78 is 40.9. The van der Waals surface area contributed by atoms with Crippen LogP contribution in [0.15, 0.2) is 88.7 Å². The number of aromatic nitrogens is 1. The molecular weight excluding hydrogens is 638 g/mol. The molecule has 0 aliphatic carbocycles. The van der Waals surface area contributed by atoms with E-state index in [1.165, 1.54) is 21.6 Å². The van der Waals surface area contributed by atoms with E-state index in [1.54, 1.807) is 30.3 Å². The van der Waals surface area contributed by atoms with Crippen molar-refractivity contribution in [2.45, 2.75) is 42.8 Å². The first-order valence-electron chi connectivity index (χ1n) is 14.7. The van der Waals surface area contributed by atoms with Gasteiger partial charge in [0.05, 0.1) is 22.2 Å². The summed E-state index contributed by atoms with van der Waals surface area (Å²) >= 11 is 1.99. The molecule has 13 heteroatoms. The minimum Gasteiger partial charge on any atom is -0.372 e.